The van der Waals surface area contributed by atoms with Gasteiger partial charge in [-0.05, 0) is 54.1 Å². The monoisotopic (exact) mass is 397 g/mol. The van der Waals surface area contributed by atoms with Crippen molar-refractivity contribution in [1.82, 2.24) is 0 Å². The van der Waals surface area contributed by atoms with Crippen LogP contribution in [-0.4, -0.2) is 14.3 Å². The van der Waals surface area contributed by atoms with Crippen molar-refractivity contribution >= 4 is 21.7 Å². The molecule has 7 heteroatoms. The number of anilines is 1. The summed E-state index contributed by atoms with van der Waals surface area (Å²) in [5.74, 6) is 0.549. The third kappa shape index (κ3) is 5.34. The van der Waals surface area contributed by atoms with Crippen LogP contribution in [0.2, 0.25) is 0 Å². The average molecular weight is 397 g/mol. The van der Waals surface area contributed by atoms with Crippen molar-refractivity contribution < 1.29 is 22.1 Å². The number of amides is 1. The van der Waals surface area contributed by atoms with Crippen molar-refractivity contribution in [2.45, 2.75) is 18.4 Å². The van der Waals surface area contributed by atoms with Crippen LogP contribution < -0.4 is 14.2 Å². The molecule has 0 atom stereocenters. The third-order valence-corrected chi connectivity index (χ3v) is 5.00. The first-order valence-corrected chi connectivity index (χ1v) is 9.92. The molecule has 144 valence electrons. The number of ether oxygens (including phenoxy) is 1. The molecule has 0 saturated carbocycles. The summed E-state index contributed by atoms with van der Waals surface area (Å²) in [5, 5.41) is 2.57. The normalized spacial score (nSPS) is 10.9. The number of carbonyl (C=O) groups excluding carboxylic acids is 1. The Morgan fingerprint density at radius 1 is 0.857 bits per heavy atom. The first-order chi connectivity index (χ1) is 13.4. The van der Waals surface area contributed by atoms with Gasteiger partial charge in [0, 0.05) is 12.6 Å². The van der Waals surface area contributed by atoms with Gasteiger partial charge in [-0.25, -0.2) is 0 Å². The van der Waals surface area contributed by atoms with E-state index < -0.39 is 10.1 Å². The van der Waals surface area contributed by atoms with Gasteiger partial charge in [-0.3, -0.25) is 4.79 Å². The van der Waals surface area contributed by atoms with Gasteiger partial charge in [0.2, 0.25) is 5.91 Å². The number of hydrogen-bond acceptors (Lipinski definition) is 5. The number of nitrogens with one attached hydrogen (secondary N) is 1. The Labute approximate surface area is 163 Å². The van der Waals surface area contributed by atoms with Gasteiger partial charge in [-0.2, -0.15) is 8.42 Å². The van der Waals surface area contributed by atoms with Gasteiger partial charge >= 0.3 is 10.1 Å². The molecule has 0 spiro atoms. The van der Waals surface area contributed by atoms with Gasteiger partial charge in [-0.1, -0.05) is 30.3 Å². The minimum atomic E-state index is -3.98. The second kappa shape index (κ2) is 8.58. The molecule has 0 aliphatic heterocycles. The molecule has 0 heterocycles. The minimum absolute atomic E-state index is 0.00833. The Hall–Kier alpha value is -3.32. The zero-order valence-electron chi connectivity index (χ0n) is 15.2. The molecule has 1 N–H and O–H groups in total. The highest BCUT2D eigenvalue weighted by atomic mass is 32.2. The lowest BCUT2D eigenvalue weighted by Crippen LogP contribution is -2.10. The quantitative estimate of drug-likeness (QED) is 0.610. The predicted molar refractivity (Wildman–Crippen MR) is 106 cm³/mol. The predicted octanol–water partition coefficient (Wildman–Crippen LogP) is 3.99. The molecular weight excluding hydrogens is 378 g/mol. The van der Waals surface area contributed by atoms with Crippen molar-refractivity contribution in [3.05, 3.63) is 84.4 Å². The highest BCUT2D eigenvalue weighted by Gasteiger charge is 2.16. The van der Waals surface area contributed by atoms with Crippen LogP contribution in [-0.2, 0) is 21.5 Å². The fraction of sp³-hybridized carbons (Fsp3) is 0.0952. The van der Waals surface area contributed by atoms with E-state index in [2.05, 4.69) is 5.32 Å². The minimum Gasteiger partial charge on any atom is -0.489 e. The molecule has 28 heavy (non-hydrogen) atoms. The Morgan fingerprint density at radius 3 is 2.07 bits per heavy atom. The summed E-state index contributed by atoms with van der Waals surface area (Å²) in [6, 6.07) is 21.8. The molecule has 0 fully saturated rings. The molecular formula is C21H19NO5S. The maximum Gasteiger partial charge on any atom is 0.339 e. The zero-order valence-corrected chi connectivity index (χ0v) is 16.0. The molecule has 0 aliphatic carbocycles. The van der Waals surface area contributed by atoms with Crippen LogP contribution in [0.3, 0.4) is 0 Å². The van der Waals surface area contributed by atoms with Crippen molar-refractivity contribution in [2.24, 2.45) is 0 Å². The van der Waals surface area contributed by atoms with Crippen LogP contribution in [0, 0.1) is 0 Å². The second-order valence-corrected chi connectivity index (χ2v) is 7.54. The largest absolute Gasteiger partial charge is 0.489 e. The van der Waals surface area contributed by atoms with Crippen LogP contribution in [0.25, 0.3) is 0 Å². The lowest BCUT2D eigenvalue weighted by Gasteiger charge is -2.10. The summed E-state index contributed by atoms with van der Waals surface area (Å²) in [6.07, 6.45) is 0. The highest BCUT2D eigenvalue weighted by molar-refractivity contribution is 7.87. The van der Waals surface area contributed by atoms with E-state index in [9.17, 15) is 13.2 Å². The molecule has 3 rings (SSSR count). The average Bonchev–Trinajstić information content (AvgIpc) is 2.68. The fourth-order valence-electron chi connectivity index (χ4n) is 2.42. The first-order valence-electron chi connectivity index (χ1n) is 8.51. The Morgan fingerprint density at radius 2 is 1.46 bits per heavy atom. The van der Waals surface area contributed by atoms with E-state index in [1.165, 1.54) is 43.3 Å². The van der Waals surface area contributed by atoms with Crippen LogP contribution in [0.5, 0.6) is 11.5 Å². The summed E-state index contributed by atoms with van der Waals surface area (Å²) in [7, 11) is -3.98. The van der Waals surface area contributed by atoms with Crippen LogP contribution in [0.4, 0.5) is 5.69 Å². The fourth-order valence-corrected chi connectivity index (χ4v) is 3.35. The summed E-state index contributed by atoms with van der Waals surface area (Å²) in [4.78, 5) is 11.0. The van der Waals surface area contributed by atoms with Crippen molar-refractivity contribution in [1.29, 1.82) is 0 Å². The van der Waals surface area contributed by atoms with Crippen LogP contribution >= 0.6 is 0 Å². The van der Waals surface area contributed by atoms with E-state index in [-0.39, 0.29) is 16.6 Å². The molecule has 0 aromatic heterocycles. The molecule has 1 amide bonds. The molecule has 0 aliphatic rings. The first kappa shape index (κ1) is 19.4. The Bertz CT molecular complexity index is 1030. The number of hydrogen-bond donors (Lipinski definition) is 1. The molecule has 3 aromatic rings. The molecule has 0 bridgehead atoms. The molecule has 6 nitrogen and oxygen atoms in total. The SMILES string of the molecule is CC(=O)Nc1ccc(S(=O)(=O)Oc2ccc(OCc3ccccc3)cc2)cc1. The summed E-state index contributed by atoms with van der Waals surface area (Å²) < 4.78 is 35.6. The van der Waals surface area contributed by atoms with Gasteiger partial charge in [0.1, 0.15) is 23.0 Å². The Balaban J connectivity index is 1.63. The maximum atomic E-state index is 12.4. The Kier molecular flexibility index (Phi) is 5.96. The molecule has 3 aromatic carbocycles. The van der Waals surface area contributed by atoms with Crippen molar-refractivity contribution in [3.8, 4) is 11.5 Å². The van der Waals surface area contributed by atoms with Gasteiger partial charge in [0.05, 0.1) is 0 Å². The van der Waals surface area contributed by atoms with Crippen molar-refractivity contribution in [2.75, 3.05) is 5.32 Å². The lowest BCUT2D eigenvalue weighted by atomic mass is 10.2. The van der Waals surface area contributed by atoms with Crippen LogP contribution in [0.1, 0.15) is 12.5 Å². The summed E-state index contributed by atoms with van der Waals surface area (Å²) in [6.45, 7) is 1.79. The topological polar surface area (TPSA) is 81.7 Å². The van der Waals surface area contributed by atoms with Gasteiger partial charge in [0.25, 0.3) is 0 Å². The lowest BCUT2D eigenvalue weighted by molar-refractivity contribution is -0.114. The second-order valence-electron chi connectivity index (χ2n) is 5.99. The summed E-state index contributed by atoms with van der Waals surface area (Å²) in [5.41, 5.74) is 1.54. The number of carbonyl (C=O) groups is 1. The van der Waals surface area contributed by atoms with E-state index >= 15 is 0 Å². The van der Waals surface area contributed by atoms with E-state index in [0.717, 1.165) is 5.56 Å². The molecule has 0 radical (unpaired) electrons. The van der Waals surface area contributed by atoms with E-state index in [1.54, 1.807) is 12.1 Å². The van der Waals surface area contributed by atoms with E-state index in [4.69, 9.17) is 8.92 Å². The van der Waals surface area contributed by atoms with Gasteiger partial charge < -0.3 is 14.2 Å². The third-order valence-electron chi connectivity index (χ3n) is 3.74. The van der Waals surface area contributed by atoms with E-state index in [0.29, 0.717) is 18.0 Å². The van der Waals surface area contributed by atoms with Gasteiger partial charge in [-0.15, -0.1) is 0 Å². The number of rotatable bonds is 7. The maximum absolute atomic E-state index is 12.4. The zero-order chi connectivity index (χ0) is 20.0. The molecule has 0 saturated heterocycles. The van der Waals surface area contributed by atoms with Gasteiger partial charge in [0.15, 0.2) is 0 Å². The number of benzene rings is 3. The summed E-state index contributed by atoms with van der Waals surface area (Å²) >= 11 is 0. The van der Waals surface area contributed by atoms with Crippen molar-refractivity contribution in [3.63, 3.8) is 0 Å². The smallest absolute Gasteiger partial charge is 0.339 e. The van der Waals surface area contributed by atoms with Crippen LogP contribution in [0.15, 0.2) is 83.8 Å². The standard InChI is InChI=1S/C21H19NO5S/c1-16(23)22-18-7-13-21(14-8-18)28(24,25)27-20-11-9-19(10-12-20)26-15-17-5-3-2-4-6-17/h2-14H,15H2,1H3,(H,22,23). The molecule has 0 unspecified atom stereocenters. The van der Waals surface area contributed by atoms with E-state index in [1.807, 2.05) is 30.3 Å². The highest BCUT2D eigenvalue weighted by Crippen LogP contribution is 2.23.